The lowest BCUT2D eigenvalue weighted by atomic mass is 9.96. The predicted octanol–water partition coefficient (Wildman–Crippen LogP) is 1.88. The van der Waals surface area contributed by atoms with Gasteiger partial charge in [-0.2, -0.15) is 0 Å². The van der Waals surface area contributed by atoms with E-state index in [0.29, 0.717) is 6.61 Å². The van der Waals surface area contributed by atoms with Crippen molar-refractivity contribution in [2.45, 2.75) is 16.9 Å². The second-order valence-corrected chi connectivity index (χ2v) is 4.54. The van der Waals surface area contributed by atoms with Crippen LogP contribution in [0.3, 0.4) is 0 Å². The lowest BCUT2D eigenvalue weighted by Crippen LogP contribution is -2.23. The first kappa shape index (κ1) is 10.0. The molecular weight excluding hydrogens is 196 g/mol. The van der Waals surface area contributed by atoms with Crippen LogP contribution in [0, 0.1) is 0 Å². The number of benzene rings is 1. The highest BCUT2D eigenvalue weighted by Gasteiger charge is 2.28. The first-order chi connectivity index (χ1) is 6.83. The standard InChI is InChI=1S/C11H14O2S/c1-13-6-10(12)9-7-14-11-5-3-2-4-8(9)11/h2-5,9-10,12H,6-7H2,1H3. The Labute approximate surface area is 88.3 Å². The van der Waals surface area contributed by atoms with Gasteiger partial charge in [-0.1, -0.05) is 18.2 Å². The van der Waals surface area contributed by atoms with Crippen LogP contribution in [0.25, 0.3) is 0 Å². The van der Waals surface area contributed by atoms with Gasteiger partial charge in [0.1, 0.15) is 0 Å². The van der Waals surface area contributed by atoms with Crippen LogP contribution in [-0.4, -0.2) is 30.7 Å². The Kier molecular flexibility index (Phi) is 3.11. The highest BCUT2D eigenvalue weighted by molar-refractivity contribution is 7.99. The Hall–Kier alpha value is -0.510. The van der Waals surface area contributed by atoms with Crippen LogP contribution in [-0.2, 0) is 4.74 Å². The van der Waals surface area contributed by atoms with Crippen LogP contribution in [0.2, 0.25) is 0 Å². The van der Waals surface area contributed by atoms with E-state index in [2.05, 4.69) is 12.1 Å². The Balaban J connectivity index is 2.17. The van der Waals surface area contributed by atoms with Crippen LogP contribution in [0.1, 0.15) is 11.5 Å². The maximum absolute atomic E-state index is 9.86. The minimum Gasteiger partial charge on any atom is -0.390 e. The van der Waals surface area contributed by atoms with Crippen LogP contribution >= 0.6 is 11.8 Å². The third-order valence-electron chi connectivity index (χ3n) is 2.54. The summed E-state index contributed by atoms with van der Waals surface area (Å²) in [6.07, 6.45) is -0.379. The van der Waals surface area contributed by atoms with Crippen molar-refractivity contribution >= 4 is 11.8 Å². The lowest BCUT2D eigenvalue weighted by molar-refractivity contribution is 0.0514. The second-order valence-electron chi connectivity index (χ2n) is 3.48. The van der Waals surface area contributed by atoms with Crippen LogP contribution in [0.15, 0.2) is 29.2 Å². The zero-order valence-electron chi connectivity index (χ0n) is 8.14. The van der Waals surface area contributed by atoms with E-state index in [1.165, 1.54) is 10.5 Å². The van der Waals surface area contributed by atoms with Gasteiger partial charge in [0.15, 0.2) is 0 Å². The molecule has 3 heteroatoms. The summed E-state index contributed by atoms with van der Waals surface area (Å²) < 4.78 is 4.97. The summed E-state index contributed by atoms with van der Waals surface area (Å²) >= 11 is 1.81. The van der Waals surface area contributed by atoms with Crippen molar-refractivity contribution in [3.05, 3.63) is 29.8 Å². The molecule has 76 valence electrons. The number of rotatable bonds is 3. The van der Waals surface area contributed by atoms with Crippen molar-refractivity contribution in [1.82, 2.24) is 0 Å². The summed E-state index contributed by atoms with van der Waals surface area (Å²) in [6, 6.07) is 8.27. The largest absolute Gasteiger partial charge is 0.390 e. The molecule has 0 fully saturated rings. The third-order valence-corrected chi connectivity index (χ3v) is 3.75. The average Bonchev–Trinajstić information content (AvgIpc) is 2.61. The van der Waals surface area contributed by atoms with Gasteiger partial charge in [-0.15, -0.1) is 11.8 Å². The maximum Gasteiger partial charge on any atom is 0.0850 e. The van der Waals surface area contributed by atoms with Crippen molar-refractivity contribution in [2.24, 2.45) is 0 Å². The Bertz CT molecular complexity index is 314. The molecule has 2 unspecified atom stereocenters. The quantitative estimate of drug-likeness (QED) is 0.826. The van der Waals surface area contributed by atoms with E-state index in [1.54, 1.807) is 7.11 Å². The SMILES string of the molecule is COCC(O)C1CSc2ccccc21. The van der Waals surface area contributed by atoms with E-state index in [4.69, 9.17) is 4.74 Å². The third kappa shape index (κ3) is 1.80. The van der Waals surface area contributed by atoms with Gasteiger partial charge in [-0.3, -0.25) is 0 Å². The number of aliphatic hydroxyl groups is 1. The number of thioether (sulfide) groups is 1. The highest BCUT2D eigenvalue weighted by Crippen LogP contribution is 2.40. The smallest absolute Gasteiger partial charge is 0.0850 e. The number of hydrogen-bond acceptors (Lipinski definition) is 3. The fourth-order valence-electron chi connectivity index (χ4n) is 1.79. The maximum atomic E-state index is 9.86. The second kappa shape index (κ2) is 4.34. The summed E-state index contributed by atoms with van der Waals surface area (Å²) in [5.74, 6) is 1.19. The molecule has 0 saturated carbocycles. The zero-order valence-corrected chi connectivity index (χ0v) is 8.96. The van der Waals surface area contributed by atoms with E-state index < -0.39 is 0 Å². The highest BCUT2D eigenvalue weighted by atomic mass is 32.2. The molecule has 0 aromatic heterocycles. The summed E-state index contributed by atoms with van der Waals surface area (Å²) in [5.41, 5.74) is 1.27. The monoisotopic (exact) mass is 210 g/mol. The van der Waals surface area contributed by atoms with Crippen LogP contribution in [0.5, 0.6) is 0 Å². The van der Waals surface area contributed by atoms with Gasteiger partial charge in [0, 0.05) is 23.7 Å². The molecule has 1 N–H and O–H groups in total. The topological polar surface area (TPSA) is 29.5 Å². The first-order valence-electron chi connectivity index (χ1n) is 4.71. The first-order valence-corrected chi connectivity index (χ1v) is 5.70. The number of aliphatic hydroxyl groups excluding tert-OH is 1. The number of hydrogen-bond donors (Lipinski definition) is 1. The summed E-state index contributed by atoms with van der Waals surface area (Å²) in [5, 5.41) is 9.86. The number of methoxy groups -OCH3 is 1. The van der Waals surface area contributed by atoms with Crippen molar-refractivity contribution < 1.29 is 9.84 Å². The number of ether oxygens (including phenoxy) is 1. The van der Waals surface area contributed by atoms with Gasteiger partial charge < -0.3 is 9.84 Å². The van der Waals surface area contributed by atoms with Gasteiger partial charge in [0.25, 0.3) is 0 Å². The minimum atomic E-state index is -0.379. The van der Waals surface area contributed by atoms with E-state index >= 15 is 0 Å². The molecule has 0 aliphatic carbocycles. The molecule has 0 bridgehead atoms. The molecule has 1 aliphatic rings. The molecule has 1 heterocycles. The molecule has 0 radical (unpaired) electrons. The summed E-state index contributed by atoms with van der Waals surface area (Å²) in [4.78, 5) is 1.30. The van der Waals surface area contributed by atoms with E-state index in [9.17, 15) is 5.11 Å². The van der Waals surface area contributed by atoms with Crippen molar-refractivity contribution in [1.29, 1.82) is 0 Å². The van der Waals surface area contributed by atoms with Gasteiger partial charge in [0.05, 0.1) is 12.7 Å². The van der Waals surface area contributed by atoms with E-state index in [0.717, 1.165) is 5.75 Å². The zero-order chi connectivity index (χ0) is 9.97. The van der Waals surface area contributed by atoms with Crippen molar-refractivity contribution in [2.75, 3.05) is 19.5 Å². The molecule has 0 saturated heterocycles. The van der Waals surface area contributed by atoms with Gasteiger partial charge in [0.2, 0.25) is 0 Å². The Morgan fingerprint density at radius 1 is 1.57 bits per heavy atom. The average molecular weight is 210 g/mol. The normalized spacial score (nSPS) is 22.0. The fraction of sp³-hybridized carbons (Fsp3) is 0.455. The molecule has 1 aromatic carbocycles. The summed E-state index contributed by atoms with van der Waals surface area (Å²) in [6.45, 7) is 0.416. The molecule has 2 nitrogen and oxygen atoms in total. The number of fused-ring (bicyclic) bond motifs is 1. The molecule has 0 amide bonds. The van der Waals surface area contributed by atoms with Gasteiger partial charge >= 0.3 is 0 Å². The molecular formula is C11H14O2S. The van der Waals surface area contributed by atoms with Gasteiger partial charge in [-0.05, 0) is 11.6 Å². The van der Waals surface area contributed by atoms with Crippen molar-refractivity contribution in [3.8, 4) is 0 Å². The van der Waals surface area contributed by atoms with E-state index in [1.807, 2.05) is 23.9 Å². The molecule has 1 aliphatic heterocycles. The molecule has 14 heavy (non-hydrogen) atoms. The van der Waals surface area contributed by atoms with E-state index in [-0.39, 0.29) is 12.0 Å². The Morgan fingerprint density at radius 3 is 3.14 bits per heavy atom. The Morgan fingerprint density at radius 2 is 2.36 bits per heavy atom. The van der Waals surface area contributed by atoms with Gasteiger partial charge in [-0.25, -0.2) is 0 Å². The lowest BCUT2D eigenvalue weighted by Gasteiger charge is -2.17. The van der Waals surface area contributed by atoms with Crippen molar-refractivity contribution in [3.63, 3.8) is 0 Å². The minimum absolute atomic E-state index is 0.233. The summed E-state index contributed by atoms with van der Waals surface area (Å²) in [7, 11) is 1.62. The van der Waals surface area contributed by atoms with Crippen LogP contribution < -0.4 is 0 Å². The fourth-order valence-corrected chi connectivity index (χ4v) is 3.11. The molecule has 0 spiro atoms. The molecule has 1 aromatic rings. The molecule has 2 rings (SSSR count). The predicted molar refractivity (Wildman–Crippen MR) is 57.8 cm³/mol. The molecule has 2 atom stereocenters. The van der Waals surface area contributed by atoms with Crippen LogP contribution in [0.4, 0.5) is 0 Å².